The van der Waals surface area contributed by atoms with Gasteiger partial charge in [-0.25, -0.2) is 0 Å². The molecule has 1 atom stereocenters. The van der Waals surface area contributed by atoms with Crippen molar-refractivity contribution in [1.82, 2.24) is 15.1 Å². The molecule has 0 aliphatic carbocycles. The first-order chi connectivity index (χ1) is 16.4. The first-order valence-corrected chi connectivity index (χ1v) is 12.5. The fourth-order valence-electron chi connectivity index (χ4n) is 4.19. The molecule has 3 aromatic rings. The van der Waals surface area contributed by atoms with Gasteiger partial charge in [0, 0.05) is 49.9 Å². The Morgan fingerprint density at radius 2 is 1.85 bits per heavy atom. The zero-order valence-corrected chi connectivity index (χ0v) is 20.8. The summed E-state index contributed by atoms with van der Waals surface area (Å²) in [6, 6.07) is 16.4. The third-order valence-corrected chi connectivity index (χ3v) is 7.05. The molecule has 1 aliphatic heterocycles. The highest BCUT2D eigenvalue weighted by Gasteiger charge is 2.26. The van der Waals surface area contributed by atoms with Crippen LogP contribution in [0.15, 0.2) is 48.5 Å². The second-order valence-corrected chi connectivity index (χ2v) is 9.96. The number of aryl methyl sites for hydroxylation is 3. The molecule has 1 aromatic heterocycles. The molecule has 8 heteroatoms. The van der Waals surface area contributed by atoms with Crippen molar-refractivity contribution >= 4 is 34.5 Å². The highest BCUT2D eigenvalue weighted by molar-refractivity contribution is 7.13. The molecule has 0 saturated carbocycles. The molecule has 1 N–H and O–H groups in total. The Kier molecular flexibility index (Phi) is 7.57. The fourth-order valence-corrected chi connectivity index (χ4v) is 4.97. The second-order valence-electron chi connectivity index (χ2n) is 8.90. The summed E-state index contributed by atoms with van der Waals surface area (Å²) in [6.45, 7) is 8.58. The number of hydrogen-bond donors (Lipinski definition) is 1. The molecule has 178 valence electrons. The molecule has 2 aromatic carbocycles. The molecule has 1 fully saturated rings. The third kappa shape index (κ3) is 5.99. The van der Waals surface area contributed by atoms with E-state index >= 15 is 0 Å². The van der Waals surface area contributed by atoms with Gasteiger partial charge in [0.05, 0.1) is 0 Å². The lowest BCUT2D eigenvalue weighted by atomic mass is 10.1. The smallest absolute Gasteiger partial charge is 0.286 e. The van der Waals surface area contributed by atoms with Crippen molar-refractivity contribution in [3.63, 3.8) is 0 Å². The Bertz CT molecular complexity index is 1140. The summed E-state index contributed by atoms with van der Waals surface area (Å²) in [7, 11) is 0. The number of carbonyl (C=O) groups is 2. The Morgan fingerprint density at radius 1 is 1.06 bits per heavy atom. The normalized spacial score (nSPS) is 15.9. The average Bonchev–Trinajstić information content (AvgIpc) is 3.29. The zero-order chi connectivity index (χ0) is 24.1. The van der Waals surface area contributed by atoms with E-state index in [9.17, 15) is 9.59 Å². The minimum atomic E-state index is -0.260. The van der Waals surface area contributed by atoms with Gasteiger partial charge >= 0.3 is 0 Å². The van der Waals surface area contributed by atoms with Gasteiger partial charge in [0.2, 0.25) is 10.9 Å². The van der Waals surface area contributed by atoms with Gasteiger partial charge in [-0.2, -0.15) is 0 Å². The van der Waals surface area contributed by atoms with Crippen LogP contribution in [0.5, 0.6) is 0 Å². The van der Waals surface area contributed by atoms with Crippen molar-refractivity contribution in [2.45, 2.75) is 46.1 Å². The summed E-state index contributed by atoms with van der Waals surface area (Å²) in [5, 5.41) is 12.1. The number of hydrogen-bond acceptors (Lipinski definition) is 6. The second kappa shape index (κ2) is 10.8. The van der Waals surface area contributed by atoms with Crippen LogP contribution in [0.4, 0.5) is 11.4 Å². The molecule has 1 aliphatic rings. The number of amides is 2. The van der Waals surface area contributed by atoms with Crippen molar-refractivity contribution in [2.24, 2.45) is 0 Å². The van der Waals surface area contributed by atoms with Crippen molar-refractivity contribution in [3.05, 3.63) is 69.7 Å². The maximum Gasteiger partial charge on any atom is 0.286 e. The van der Waals surface area contributed by atoms with Crippen molar-refractivity contribution in [2.75, 3.05) is 29.9 Å². The summed E-state index contributed by atoms with van der Waals surface area (Å²) in [5.41, 5.74) is 4.33. The summed E-state index contributed by atoms with van der Waals surface area (Å²) in [4.78, 5) is 29.5. The van der Waals surface area contributed by atoms with Gasteiger partial charge in [-0.15, -0.1) is 10.2 Å². The molecule has 0 bridgehead atoms. The predicted octanol–water partition coefficient (Wildman–Crippen LogP) is 4.47. The summed E-state index contributed by atoms with van der Waals surface area (Å²) in [5.74, 6) is -0.0817. The Labute approximate surface area is 204 Å². The van der Waals surface area contributed by atoms with Crippen LogP contribution in [0.3, 0.4) is 0 Å². The average molecular weight is 478 g/mol. The van der Waals surface area contributed by atoms with Crippen LogP contribution < -0.4 is 10.2 Å². The molecule has 7 nitrogen and oxygen atoms in total. The number of rotatable bonds is 7. The quantitative estimate of drug-likeness (QED) is 0.543. The molecule has 0 radical (unpaired) electrons. The summed E-state index contributed by atoms with van der Waals surface area (Å²) in [6.07, 6.45) is 1.81. The Balaban J connectivity index is 1.22. The van der Waals surface area contributed by atoms with E-state index in [1.54, 1.807) is 0 Å². The first-order valence-electron chi connectivity index (χ1n) is 11.7. The van der Waals surface area contributed by atoms with Crippen molar-refractivity contribution in [1.29, 1.82) is 0 Å². The third-order valence-electron chi connectivity index (χ3n) is 6.07. The van der Waals surface area contributed by atoms with E-state index in [0.29, 0.717) is 24.3 Å². The van der Waals surface area contributed by atoms with E-state index in [4.69, 9.17) is 0 Å². The zero-order valence-electron chi connectivity index (χ0n) is 20.0. The van der Waals surface area contributed by atoms with Crippen LogP contribution in [0.25, 0.3) is 0 Å². The van der Waals surface area contributed by atoms with E-state index in [0.717, 1.165) is 35.9 Å². The van der Waals surface area contributed by atoms with Crippen LogP contribution in [-0.2, 0) is 11.2 Å². The van der Waals surface area contributed by atoms with Gasteiger partial charge in [0.1, 0.15) is 5.01 Å². The summed E-state index contributed by atoms with van der Waals surface area (Å²) >= 11 is 1.28. The van der Waals surface area contributed by atoms with Gasteiger partial charge < -0.3 is 15.1 Å². The maximum atomic E-state index is 12.8. The lowest BCUT2D eigenvalue weighted by molar-refractivity contribution is -0.132. The van der Waals surface area contributed by atoms with Gasteiger partial charge in [0.25, 0.3) is 5.91 Å². The first kappa shape index (κ1) is 23.9. The van der Waals surface area contributed by atoms with Crippen molar-refractivity contribution < 1.29 is 9.59 Å². The highest BCUT2D eigenvalue weighted by atomic mass is 32.1. The highest BCUT2D eigenvalue weighted by Crippen LogP contribution is 2.22. The lowest BCUT2D eigenvalue weighted by Gasteiger charge is -2.41. The predicted molar refractivity (Wildman–Crippen MR) is 137 cm³/mol. The van der Waals surface area contributed by atoms with Crippen LogP contribution in [0.1, 0.15) is 45.7 Å². The van der Waals surface area contributed by atoms with Gasteiger partial charge in [-0.3, -0.25) is 9.59 Å². The van der Waals surface area contributed by atoms with Crippen LogP contribution >= 0.6 is 11.3 Å². The largest absolute Gasteiger partial charge is 0.365 e. The van der Waals surface area contributed by atoms with E-state index in [2.05, 4.69) is 58.5 Å². The summed E-state index contributed by atoms with van der Waals surface area (Å²) < 4.78 is 0. The Morgan fingerprint density at radius 3 is 2.59 bits per heavy atom. The minimum absolute atomic E-state index is 0.178. The molecular weight excluding hydrogens is 446 g/mol. The molecule has 2 heterocycles. The number of piperazine rings is 1. The number of carbonyl (C=O) groups excluding carboxylic acids is 2. The van der Waals surface area contributed by atoms with E-state index < -0.39 is 0 Å². The number of nitrogens with one attached hydrogen (secondary N) is 1. The topological polar surface area (TPSA) is 78.4 Å². The van der Waals surface area contributed by atoms with Gasteiger partial charge in [-0.05, 0) is 57.0 Å². The molecule has 34 heavy (non-hydrogen) atoms. The van der Waals surface area contributed by atoms with Crippen LogP contribution in [-0.4, -0.2) is 52.6 Å². The molecule has 0 unspecified atom stereocenters. The number of nitrogens with zero attached hydrogens (tertiary/aromatic N) is 4. The molecule has 2 amide bonds. The standard InChI is InChI=1S/C26H31N5O2S/c1-18-10-12-21(13-11-18)27-25(33)26-29-28-23(34-26)8-5-9-24(32)30-14-15-31(20(3)17-30)22-7-4-6-19(2)16-22/h4,6-7,10-13,16,20H,5,8-9,14-15,17H2,1-3H3,(H,27,33)/t20-/m1/s1. The van der Waals surface area contributed by atoms with Gasteiger partial charge in [-0.1, -0.05) is 41.2 Å². The number of benzene rings is 2. The van der Waals surface area contributed by atoms with Crippen LogP contribution in [0, 0.1) is 13.8 Å². The SMILES string of the molecule is Cc1ccc(NC(=O)c2nnc(CCCC(=O)N3CCN(c4cccc(C)c4)[C@H](C)C3)s2)cc1. The Hall–Kier alpha value is -3.26. The minimum Gasteiger partial charge on any atom is -0.365 e. The fraction of sp³-hybridized carbons (Fsp3) is 0.385. The lowest BCUT2D eigenvalue weighted by Crippen LogP contribution is -2.53. The number of aromatic nitrogens is 2. The van der Waals surface area contributed by atoms with Crippen LogP contribution in [0.2, 0.25) is 0 Å². The maximum absolute atomic E-state index is 12.8. The molecular formula is C26H31N5O2S. The van der Waals surface area contributed by atoms with Gasteiger partial charge in [0.15, 0.2) is 0 Å². The van der Waals surface area contributed by atoms with Crippen molar-refractivity contribution in [3.8, 4) is 0 Å². The molecule has 4 rings (SSSR count). The van der Waals surface area contributed by atoms with E-state index in [-0.39, 0.29) is 17.9 Å². The van der Waals surface area contributed by atoms with E-state index in [1.165, 1.54) is 22.6 Å². The monoisotopic (exact) mass is 477 g/mol. The number of anilines is 2. The molecule has 1 saturated heterocycles. The molecule has 0 spiro atoms. The van der Waals surface area contributed by atoms with E-state index in [1.807, 2.05) is 36.1 Å².